The fourth-order valence-corrected chi connectivity index (χ4v) is 1.81. The minimum absolute atomic E-state index is 0.0457. The van der Waals surface area contributed by atoms with Gasteiger partial charge in [0.2, 0.25) is 0 Å². The molecule has 4 nitrogen and oxygen atoms in total. The third-order valence-electron chi connectivity index (χ3n) is 3.02. The summed E-state index contributed by atoms with van der Waals surface area (Å²) in [5, 5.41) is 0. The Balaban J connectivity index is 2.69. The van der Waals surface area contributed by atoms with Gasteiger partial charge in [-0.05, 0) is 37.5 Å². The molecule has 0 aliphatic rings. The summed E-state index contributed by atoms with van der Waals surface area (Å²) >= 11 is 0. The molecule has 1 aromatic rings. The van der Waals surface area contributed by atoms with E-state index in [0.717, 1.165) is 18.4 Å². The first-order valence-corrected chi connectivity index (χ1v) is 6.66. The van der Waals surface area contributed by atoms with E-state index in [2.05, 4.69) is 6.92 Å². The number of amides is 1. The molecule has 4 heteroatoms. The van der Waals surface area contributed by atoms with Gasteiger partial charge in [0.15, 0.2) is 6.10 Å². The Morgan fingerprint density at radius 2 is 2.11 bits per heavy atom. The minimum Gasteiger partial charge on any atom is -0.481 e. The predicted molar refractivity (Wildman–Crippen MR) is 77.2 cm³/mol. The number of carbonyl (C=O) groups excluding carboxylic acids is 1. The number of hydrogen-bond acceptors (Lipinski definition) is 3. The van der Waals surface area contributed by atoms with Gasteiger partial charge < -0.3 is 15.4 Å². The second-order valence-electron chi connectivity index (χ2n) is 5.01. The average molecular weight is 264 g/mol. The molecule has 0 fully saturated rings. The van der Waals surface area contributed by atoms with Crippen molar-refractivity contribution in [3.63, 3.8) is 0 Å². The summed E-state index contributed by atoms with van der Waals surface area (Å²) in [6.07, 6.45) is 1.29. The van der Waals surface area contributed by atoms with E-state index in [0.29, 0.717) is 5.75 Å². The fraction of sp³-hybridized carbons (Fsp3) is 0.533. The topological polar surface area (TPSA) is 55.6 Å². The molecule has 0 saturated heterocycles. The van der Waals surface area contributed by atoms with Crippen LogP contribution in [0, 0.1) is 0 Å². The van der Waals surface area contributed by atoms with Gasteiger partial charge in [-0.25, -0.2) is 0 Å². The Hall–Kier alpha value is -1.55. The maximum atomic E-state index is 11.7. The van der Waals surface area contributed by atoms with Gasteiger partial charge in [-0.3, -0.25) is 4.79 Å². The molecule has 0 saturated carbocycles. The Kier molecular flexibility index (Phi) is 5.83. The van der Waals surface area contributed by atoms with Gasteiger partial charge in [0.05, 0.1) is 0 Å². The van der Waals surface area contributed by atoms with Gasteiger partial charge in [-0.15, -0.1) is 0 Å². The Bertz CT molecular complexity index is 418. The summed E-state index contributed by atoms with van der Waals surface area (Å²) in [5.41, 5.74) is 7.08. The first-order chi connectivity index (χ1) is 8.93. The molecule has 0 spiro atoms. The Morgan fingerprint density at radius 3 is 2.68 bits per heavy atom. The summed E-state index contributed by atoms with van der Waals surface area (Å²) in [4.78, 5) is 13.3. The van der Waals surface area contributed by atoms with E-state index in [4.69, 9.17) is 10.5 Å². The summed E-state index contributed by atoms with van der Waals surface area (Å²) < 4.78 is 5.66. The smallest absolute Gasteiger partial charge is 0.262 e. The molecule has 2 unspecified atom stereocenters. The van der Waals surface area contributed by atoms with Crippen LogP contribution in [0.2, 0.25) is 0 Å². The number of ether oxygens (including phenoxy) is 1. The molecule has 0 aliphatic heterocycles. The third-order valence-corrected chi connectivity index (χ3v) is 3.02. The standard InChI is InChI=1S/C15H24N2O2/c1-5-13(16)9-12-7-6-8-14(10-12)19-11(2)15(18)17(3)4/h6-8,10-11,13H,5,9,16H2,1-4H3. The van der Waals surface area contributed by atoms with E-state index in [1.165, 1.54) is 4.90 Å². The van der Waals surface area contributed by atoms with Crippen molar-refractivity contribution in [3.05, 3.63) is 29.8 Å². The molecular weight excluding hydrogens is 240 g/mol. The Morgan fingerprint density at radius 1 is 1.42 bits per heavy atom. The molecule has 106 valence electrons. The van der Waals surface area contributed by atoms with Crippen molar-refractivity contribution in [1.82, 2.24) is 4.90 Å². The quantitative estimate of drug-likeness (QED) is 0.852. The monoisotopic (exact) mass is 264 g/mol. The highest BCUT2D eigenvalue weighted by atomic mass is 16.5. The highest BCUT2D eigenvalue weighted by molar-refractivity contribution is 5.80. The predicted octanol–water partition coefficient (Wildman–Crippen LogP) is 1.82. The van der Waals surface area contributed by atoms with Gasteiger partial charge >= 0.3 is 0 Å². The molecule has 1 rings (SSSR count). The van der Waals surface area contributed by atoms with Crippen LogP contribution >= 0.6 is 0 Å². The van der Waals surface area contributed by atoms with Gasteiger partial charge in [0.1, 0.15) is 5.75 Å². The lowest BCUT2D eigenvalue weighted by atomic mass is 10.0. The highest BCUT2D eigenvalue weighted by Gasteiger charge is 2.16. The number of carbonyl (C=O) groups is 1. The van der Waals surface area contributed by atoms with Crippen molar-refractivity contribution in [2.24, 2.45) is 5.73 Å². The number of hydrogen-bond donors (Lipinski definition) is 1. The molecule has 2 atom stereocenters. The molecule has 19 heavy (non-hydrogen) atoms. The van der Waals surface area contributed by atoms with Gasteiger partial charge in [0, 0.05) is 20.1 Å². The van der Waals surface area contributed by atoms with Crippen molar-refractivity contribution < 1.29 is 9.53 Å². The van der Waals surface area contributed by atoms with Crippen LogP contribution in [0.5, 0.6) is 5.75 Å². The first kappa shape index (κ1) is 15.5. The summed E-state index contributed by atoms with van der Waals surface area (Å²) in [7, 11) is 3.44. The van der Waals surface area contributed by atoms with Crippen LogP contribution in [0.3, 0.4) is 0 Å². The molecule has 2 N–H and O–H groups in total. The van der Waals surface area contributed by atoms with E-state index >= 15 is 0 Å². The van der Waals surface area contributed by atoms with E-state index in [1.54, 1.807) is 21.0 Å². The second-order valence-corrected chi connectivity index (χ2v) is 5.01. The van der Waals surface area contributed by atoms with Crippen LogP contribution in [0.4, 0.5) is 0 Å². The number of nitrogens with two attached hydrogens (primary N) is 1. The van der Waals surface area contributed by atoms with E-state index in [9.17, 15) is 4.79 Å². The average Bonchev–Trinajstić information content (AvgIpc) is 2.37. The Labute approximate surface area is 115 Å². The normalized spacial score (nSPS) is 13.7. The summed E-state index contributed by atoms with van der Waals surface area (Å²) in [5.74, 6) is 0.666. The zero-order valence-corrected chi connectivity index (χ0v) is 12.2. The lowest BCUT2D eigenvalue weighted by Crippen LogP contribution is -2.35. The highest BCUT2D eigenvalue weighted by Crippen LogP contribution is 2.16. The van der Waals surface area contributed by atoms with Crippen molar-refractivity contribution >= 4 is 5.91 Å². The molecule has 0 heterocycles. The van der Waals surface area contributed by atoms with Crippen LogP contribution in [0.15, 0.2) is 24.3 Å². The zero-order valence-electron chi connectivity index (χ0n) is 12.2. The van der Waals surface area contributed by atoms with Crippen LogP contribution in [0.25, 0.3) is 0 Å². The van der Waals surface area contributed by atoms with E-state index in [-0.39, 0.29) is 11.9 Å². The van der Waals surface area contributed by atoms with Crippen LogP contribution in [0.1, 0.15) is 25.8 Å². The van der Waals surface area contributed by atoms with Gasteiger partial charge in [-0.1, -0.05) is 19.1 Å². The van der Waals surface area contributed by atoms with E-state index in [1.807, 2.05) is 24.3 Å². The number of rotatable bonds is 6. The number of nitrogens with zero attached hydrogens (tertiary/aromatic N) is 1. The second kappa shape index (κ2) is 7.14. The van der Waals surface area contributed by atoms with Crippen LogP contribution in [-0.2, 0) is 11.2 Å². The van der Waals surface area contributed by atoms with Gasteiger partial charge in [-0.2, -0.15) is 0 Å². The number of benzene rings is 1. The molecular formula is C15H24N2O2. The largest absolute Gasteiger partial charge is 0.481 e. The molecule has 1 amide bonds. The zero-order chi connectivity index (χ0) is 14.4. The van der Waals surface area contributed by atoms with E-state index < -0.39 is 6.10 Å². The molecule has 0 aliphatic carbocycles. The molecule has 0 radical (unpaired) electrons. The summed E-state index contributed by atoms with van der Waals surface area (Å²) in [6, 6.07) is 7.94. The SMILES string of the molecule is CCC(N)Cc1cccc(OC(C)C(=O)N(C)C)c1. The van der Waals surface area contributed by atoms with Gasteiger partial charge in [0.25, 0.3) is 5.91 Å². The van der Waals surface area contributed by atoms with Crippen molar-refractivity contribution in [3.8, 4) is 5.75 Å². The van der Waals surface area contributed by atoms with Crippen LogP contribution in [-0.4, -0.2) is 37.0 Å². The maximum absolute atomic E-state index is 11.7. The number of likely N-dealkylation sites (N-methyl/N-ethyl adjacent to an activating group) is 1. The lowest BCUT2D eigenvalue weighted by molar-refractivity contribution is -0.135. The van der Waals surface area contributed by atoms with Crippen molar-refractivity contribution in [2.45, 2.75) is 38.8 Å². The fourth-order valence-electron chi connectivity index (χ4n) is 1.81. The lowest BCUT2D eigenvalue weighted by Gasteiger charge is -2.19. The van der Waals surface area contributed by atoms with Crippen molar-refractivity contribution in [2.75, 3.05) is 14.1 Å². The first-order valence-electron chi connectivity index (χ1n) is 6.66. The molecule has 0 bridgehead atoms. The minimum atomic E-state index is -0.481. The third kappa shape index (κ3) is 4.91. The van der Waals surface area contributed by atoms with Crippen molar-refractivity contribution in [1.29, 1.82) is 0 Å². The molecule has 1 aromatic carbocycles. The summed E-state index contributed by atoms with van der Waals surface area (Å²) in [6.45, 7) is 3.83. The van der Waals surface area contributed by atoms with Crippen LogP contribution < -0.4 is 10.5 Å². The molecule has 0 aromatic heterocycles. The maximum Gasteiger partial charge on any atom is 0.262 e.